The molecule has 0 bridgehead atoms. The lowest BCUT2D eigenvalue weighted by molar-refractivity contribution is -0.129. The van der Waals surface area contributed by atoms with E-state index in [4.69, 9.17) is 0 Å². The molecule has 1 aliphatic heterocycles. The van der Waals surface area contributed by atoms with Crippen molar-refractivity contribution < 1.29 is 9.90 Å². The molecule has 1 aliphatic rings. The Hall–Kier alpha value is -2.87. The number of tetrazole rings is 1. The van der Waals surface area contributed by atoms with E-state index in [1.165, 1.54) is 11.8 Å². The Morgan fingerprint density at radius 2 is 1.74 bits per heavy atom. The fourth-order valence-corrected chi connectivity index (χ4v) is 4.19. The number of carbonyl (C=O) groups is 1. The van der Waals surface area contributed by atoms with Gasteiger partial charge in [-0.05, 0) is 53.1 Å². The van der Waals surface area contributed by atoms with Gasteiger partial charge < -0.3 is 10.0 Å². The standard InChI is InChI=1S/C19H19N5O2S/c25-16-10-8-15(9-11-16)24-19(20-21-22-24)27-17(14-6-2-1-3-7-14)18(26)23-12-4-5-13-23/h1-3,6-11,17,25H,4-5,12-13H2/t17-/m1/s1. The molecule has 4 rings (SSSR count). The van der Waals surface area contributed by atoms with Crippen molar-refractivity contribution in [3.05, 3.63) is 60.2 Å². The van der Waals surface area contributed by atoms with Crippen molar-refractivity contribution >= 4 is 17.7 Å². The highest BCUT2D eigenvalue weighted by molar-refractivity contribution is 8.00. The zero-order chi connectivity index (χ0) is 18.6. The van der Waals surface area contributed by atoms with Gasteiger partial charge in [0.15, 0.2) is 0 Å². The third-order valence-corrected chi connectivity index (χ3v) is 5.68. The summed E-state index contributed by atoms with van der Waals surface area (Å²) in [7, 11) is 0. The topological polar surface area (TPSA) is 84.1 Å². The number of likely N-dealkylation sites (tertiary alicyclic amines) is 1. The second-order valence-corrected chi connectivity index (χ2v) is 7.40. The van der Waals surface area contributed by atoms with E-state index >= 15 is 0 Å². The Labute approximate surface area is 161 Å². The SMILES string of the molecule is O=C([C@H](Sc1nnnn1-c1ccc(O)cc1)c1ccccc1)N1CCCC1. The second-order valence-electron chi connectivity index (χ2n) is 6.33. The van der Waals surface area contributed by atoms with Crippen LogP contribution in [0.2, 0.25) is 0 Å². The highest BCUT2D eigenvalue weighted by atomic mass is 32.2. The molecule has 0 saturated carbocycles. The van der Waals surface area contributed by atoms with Crippen molar-refractivity contribution in [3.63, 3.8) is 0 Å². The lowest BCUT2D eigenvalue weighted by Crippen LogP contribution is -2.31. The molecule has 138 valence electrons. The fraction of sp³-hybridized carbons (Fsp3) is 0.263. The molecule has 1 aromatic heterocycles. The van der Waals surface area contributed by atoms with Gasteiger partial charge in [-0.2, -0.15) is 4.68 Å². The third-order valence-electron chi connectivity index (χ3n) is 4.50. The summed E-state index contributed by atoms with van der Waals surface area (Å²) >= 11 is 1.34. The largest absolute Gasteiger partial charge is 0.508 e. The minimum Gasteiger partial charge on any atom is -0.508 e. The van der Waals surface area contributed by atoms with Crippen LogP contribution in [0, 0.1) is 0 Å². The van der Waals surface area contributed by atoms with Crippen LogP contribution in [0.3, 0.4) is 0 Å². The molecular formula is C19H19N5O2S. The first kappa shape index (κ1) is 17.5. The molecule has 1 N–H and O–H groups in total. The quantitative estimate of drug-likeness (QED) is 0.684. The Morgan fingerprint density at radius 3 is 2.44 bits per heavy atom. The van der Waals surface area contributed by atoms with Crippen LogP contribution in [0.1, 0.15) is 23.7 Å². The van der Waals surface area contributed by atoms with Crippen LogP contribution < -0.4 is 0 Å². The molecule has 2 heterocycles. The summed E-state index contributed by atoms with van der Waals surface area (Å²) in [6, 6.07) is 16.3. The number of rotatable bonds is 5. The van der Waals surface area contributed by atoms with Gasteiger partial charge in [0.2, 0.25) is 11.1 Å². The van der Waals surface area contributed by atoms with Gasteiger partial charge in [-0.3, -0.25) is 4.79 Å². The number of aromatic nitrogens is 4. The Morgan fingerprint density at radius 1 is 1.04 bits per heavy atom. The van der Waals surface area contributed by atoms with Crippen molar-refractivity contribution in [2.24, 2.45) is 0 Å². The van der Waals surface area contributed by atoms with Crippen LogP contribution in [-0.4, -0.2) is 49.2 Å². The monoisotopic (exact) mass is 381 g/mol. The minimum absolute atomic E-state index is 0.0870. The van der Waals surface area contributed by atoms with E-state index in [1.54, 1.807) is 28.9 Å². The summed E-state index contributed by atoms with van der Waals surface area (Å²) < 4.78 is 1.58. The number of benzene rings is 2. The Kier molecular flexibility index (Phi) is 5.06. The first-order valence-corrected chi connectivity index (χ1v) is 9.68. The fourth-order valence-electron chi connectivity index (χ4n) is 3.11. The van der Waals surface area contributed by atoms with Crippen molar-refractivity contribution in [2.75, 3.05) is 13.1 Å². The molecular weight excluding hydrogens is 362 g/mol. The predicted octanol–water partition coefficient (Wildman–Crippen LogP) is 2.82. The van der Waals surface area contributed by atoms with E-state index in [2.05, 4.69) is 15.5 Å². The van der Waals surface area contributed by atoms with E-state index < -0.39 is 5.25 Å². The number of amides is 1. The molecule has 3 aromatic rings. The van der Waals surface area contributed by atoms with Gasteiger partial charge in [0.25, 0.3) is 0 Å². The van der Waals surface area contributed by atoms with E-state index in [0.717, 1.165) is 37.2 Å². The zero-order valence-electron chi connectivity index (χ0n) is 14.6. The summed E-state index contributed by atoms with van der Waals surface area (Å²) in [5, 5.41) is 21.6. The second kappa shape index (κ2) is 7.79. The minimum atomic E-state index is -0.411. The van der Waals surface area contributed by atoms with Crippen molar-refractivity contribution in [1.29, 1.82) is 0 Å². The van der Waals surface area contributed by atoms with Crippen molar-refractivity contribution in [1.82, 2.24) is 25.1 Å². The first-order valence-electron chi connectivity index (χ1n) is 8.80. The van der Waals surface area contributed by atoms with Gasteiger partial charge in [0, 0.05) is 13.1 Å². The number of hydrogen-bond donors (Lipinski definition) is 1. The average Bonchev–Trinajstić information content (AvgIpc) is 3.39. The molecule has 2 aromatic carbocycles. The van der Waals surface area contributed by atoms with E-state index in [9.17, 15) is 9.90 Å². The lowest BCUT2D eigenvalue weighted by atomic mass is 10.1. The normalized spacial score (nSPS) is 15.0. The van der Waals surface area contributed by atoms with Crippen molar-refractivity contribution in [2.45, 2.75) is 23.2 Å². The van der Waals surface area contributed by atoms with Gasteiger partial charge in [-0.1, -0.05) is 42.1 Å². The van der Waals surface area contributed by atoms with Gasteiger partial charge in [0.05, 0.1) is 5.69 Å². The molecule has 1 saturated heterocycles. The molecule has 1 fully saturated rings. The number of hydrogen-bond acceptors (Lipinski definition) is 6. The van der Waals surface area contributed by atoms with Crippen LogP contribution >= 0.6 is 11.8 Å². The highest BCUT2D eigenvalue weighted by Crippen LogP contribution is 2.37. The van der Waals surface area contributed by atoms with Gasteiger partial charge in [0.1, 0.15) is 11.0 Å². The number of carbonyl (C=O) groups excluding carboxylic acids is 1. The number of nitrogens with zero attached hydrogens (tertiary/aromatic N) is 5. The summed E-state index contributed by atoms with van der Waals surface area (Å²) in [6.45, 7) is 1.59. The summed E-state index contributed by atoms with van der Waals surface area (Å²) in [4.78, 5) is 15.1. The van der Waals surface area contributed by atoms with E-state index in [0.29, 0.717) is 5.16 Å². The molecule has 8 heteroatoms. The average molecular weight is 381 g/mol. The molecule has 0 spiro atoms. The van der Waals surface area contributed by atoms with Crippen LogP contribution in [-0.2, 0) is 4.79 Å². The number of phenols is 1. The number of phenolic OH excluding ortho intramolecular Hbond substituents is 1. The van der Waals surface area contributed by atoms with E-state index in [1.807, 2.05) is 35.2 Å². The van der Waals surface area contributed by atoms with Crippen molar-refractivity contribution in [3.8, 4) is 11.4 Å². The third kappa shape index (κ3) is 3.80. The van der Waals surface area contributed by atoms with Gasteiger partial charge in [-0.15, -0.1) is 5.10 Å². The molecule has 0 radical (unpaired) electrons. The zero-order valence-corrected chi connectivity index (χ0v) is 15.4. The molecule has 27 heavy (non-hydrogen) atoms. The molecule has 0 unspecified atom stereocenters. The smallest absolute Gasteiger partial charge is 0.240 e. The maximum Gasteiger partial charge on any atom is 0.240 e. The van der Waals surface area contributed by atoms with Crippen LogP contribution in [0.15, 0.2) is 59.8 Å². The summed E-state index contributed by atoms with van der Waals surface area (Å²) in [5.41, 5.74) is 1.65. The maximum atomic E-state index is 13.2. The Bertz CT molecular complexity index is 907. The van der Waals surface area contributed by atoms with Gasteiger partial charge >= 0.3 is 0 Å². The van der Waals surface area contributed by atoms with Crippen LogP contribution in [0.5, 0.6) is 5.75 Å². The summed E-state index contributed by atoms with van der Waals surface area (Å²) in [5.74, 6) is 0.261. The predicted molar refractivity (Wildman–Crippen MR) is 102 cm³/mol. The maximum absolute atomic E-state index is 13.2. The first-order chi connectivity index (χ1) is 13.2. The molecule has 0 aliphatic carbocycles. The number of thioether (sulfide) groups is 1. The lowest BCUT2D eigenvalue weighted by Gasteiger charge is -2.22. The Balaban J connectivity index is 1.65. The highest BCUT2D eigenvalue weighted by Gasteiger charge is 2.30. The molecule has 7 nitrogen and oxygen atoms in total. The van der Waals surface area contributed by atoms with Crippen LogP contribution in [0.25, 0.3) is 5.69 Å². The molecule has 1 amide bonds. The molecule has 1 atom stereocenters. The van der Waals surface area contributed by atoms with E-state index in [-0.39, 0.29) is 11.7 Å². The van der Waals surface area contributed by atoms with Crippen LogP contribution in [0.4, 0.5) is 0 Å². The summed E-state index contributed by atoms with van der Waals surface area (Å²) in [6.07, 6.45) is 2.09. The van der Waals surface area contributed by atoms with Gasteiger partial charge in [-0.25, -0.2) is 0 Å². The number of aromatic hydroxyl groups is 1.